The molecule has 0 saturated heterocycles. The Bertz CT molecular complexity index is 688. The number of carbonyl (C=O) groups excluding carboxylic acids is 2. The summed E-state index contributed by atoms with van der Waals surface area (Å²) in [7, 11) is 1.19. The molecule has 0 aliphatic heterocycles. The van der Waals surface area contributed by atoms with Gasteiger partial charge in [-0.1, -0.05) is 0 Å². The van der Waals surface area contributed by atoms with Crippen molar-refractivity contribution in [1.82, 2.24) is 5.32 Å². The summed E-state index contributed by atoms with van der Waals surface area (Å²) in [5, 5.41) is 2.42. The third-order valence-electron chi connectivity index (χ3n) is 3.20. The summed E-state index contributed by atoms with van der Waals surface area (Å²) in [6.07, 6.45) is -0.909. The summed E-state index contributed by atoms with van der Waals surface area (Å²) in [6, 6.07) is 1.61. The normalized spacial score (nSPS) is 12.7. The fourth-order valence-electron chi connectivity index (χ4n) is 2.07. The number of nitrogens with one attached hydrogen (secondary N) is 1. The van der Waals surface area contributed by atoms with Gasteiger partial charge in [-0.25, -0.2) is 14.0 Å². The molecule has 2 atom stereocenters. The SMILES string of the molecule is COC(=O)C(Cc1cc(Br)c(OCCOPI)cc1F)NC(=O)OC(C)(C)C. The van der Waals surface area contributed by atoms with Crippen molar-refractivity contribution >= 4 is 56.5 Å². The van der Waals surface area contributed by atoms with E-state index in [9.17, 15) is 14.0 Å². The molecule has 1 aromatic carbocycles. The van der Waals surface area contributed by atoms with E-state index in [0.717, 1.165) is 0 Å². The Balaban J connectivity index is 2.89. The van der Waals surface area contributed by atoms with E-state index in [0.29, 0.717) is 23.3 Å². The second-order valence-corrected chi connectivity index (χ2v) is 9.19. The predicted octanol–water partition coefficient (Wildman–Crippen LogP) is 4.54. The highest BCUT2D eigenvalue weighted by Crippen LogP contribution is 2.29. The smallest absolute Gasteiger partial charge is 0.408 e. The van der Waals surface area contributed by atoms with Gasteiger partial charge in [0.05, 0.1) is 24.6 Å². The standard InChI is InChI=1S/C17H23BrFINO6P/c1-17(2,3)27-16(23)21-13(15(22)24-4)8-10-7-11(18)14(9-12(10)19)25-5-6-26-28-20/h7,9,13,28H,5-6,8H2,1-4H3,(H,21,23). The minimum Gasteiger partial charge on any atom is -0.490 e. The highest BCUT2D eigenvalue weighted by Gasteiger charge is 2.26. The second-order valence-electron chi connectivity index (χ2n) is 6.57. The van der Waals surface area contributed by atoms with Crippen LogP contribution < -0.4 is 10.1 Å². The van der Waals surface area contributed by atoms with E-state index in [1.54, 1.807) is 20.8 Å². The van der Waals surface area contributed by atoms with Gasteiger partial charge in [-0.2, -0.15) is 0 Å². The Hall–Kier alpha value is -0.710. The molecule has 1 amide bonds. The molecule has 0 spiro atoms. The molecule has 1 aromatic rings. The highest BCUT2D eigenvalue weighted by molar-refractivity contribution is 14.2. The van der Waals surface area contributed by atoms with Crippen LogP contribution in [0.2, 0.25) is 0 Å². The van der Waals surface area contributed by atoms with Gasteiger partial charge in [0, 0.05) is 12.5 Å². The van der Waals surface area contributed by atoms with Crippen molar-refractivity contribution in [2.75, 3.05) is 20.3 Å². The third kappa shape index (κ3) is 9.19. The number of halogens is 3. The van der Waals surface area contributed by atoms with Crippen molar-refractivity contribution in [2.24, 2.45) is 0 Å². The average Bonchev–Trinajstić information content (AvgIpc) is 2.59. The Morgan fingerprint density at radius 1 is 1.32 bits per heavy atom. The second kappa shape index (κ2) is 12.1. The first-order valence-corrected chi connectivity index (χ1v) is 13.0. The molecule has 0 fully saturated rings. The molecule has 1 rings (SSSR count). The van der Waals surface area contributed by atoms with Gasteiger partial charge in [0.15, 0.2) is 0 Å². The van der Waals surface area contributed by atoms with E-state index in [2.05, 4.69) is 43.3 Å². The average molecular weight is 594 g/mol. The summed E-state index contributed by atoms with van der Waals surface area (Å²) in [5.41, 5.74) is -0.532. The zero-order chi connectivity index (χ0) is 21.3. The maximum atomic E-state index is 14.5. The van der Waals surface area contributed by atoms with Crippen LogP contribution in [0.5, 0.6) is 5.75 Å². The highest BCUT2D eigenvalue weighted by atomic mass is 127. The number of hydrogen-bond donors (Lipinski definition) is 1. The minimum absolute atomic E-state index is 0.115. The van der Waals surface area contributed by atoms with Crippen molar-refractivity contribution in [1.29, 1.82) is 0 Å². The van der Waals surface area contributed by atoms with E-state index in [1.807, 2.05) is 0 Å². The van der Waals surface area contributed by atoms with Crippen molar-refractivity contribution in [3.8, 4) is 5.75 Å². The summed E-state index contributed by atoms with van der Waals surface area (Å²) < 4.78 is 35.5. The molecule has 11 heteroatoms. The monoisotopic (exact) mass is 593 g/mol. The van der Waals surface area contributed by atoms with Crippen molar-refractivity contribution < 1.29 is 32.7 Å². The lowest BCUT2D eigenvalue weighted by Crippen LogP contribution is -2.45. The molecule has 28 heavy (non-hydrogen) atoms. The molecule has 0 bridgehead atoms. The minimum atomic E-state index is -1.11. The van der Waals surface area contributed by atoms with E-state index >= 15 is 0 Å². The Morgan fingerprint density at radius 3 is 2.57 bits per heavy atom. The van der Waals surface area contributed by atoms with Crippen LogP contribution >= 0.6 is 44.4 Å². The number of esters is 1. The zero-order valence-electron chi connectivity index (χ0n) is 15.9. The number of ether oxygens (including phenoxy) is 3. The largest absolute Gasteiger partial charge is 0.490 e. The third-order valence-corrected chi connectivity index (χ3v) is 5.07. The van der Waals surface area contributed by atoms with Gasteiger partial charge >= 0.3 is 12.1 Å². The van der Waals surface area contributed by atoms with Gasteiger partial charge < -0.3 is 24.1 Å². The molecule has 158 valence electrons. The first kappa shape index (κ1) is 25.3. The van der Waals surface area contributed by atoms with Crippen molar-refractivity contribution in [2.45, 2.75) is 38.8 Å². The number of benzene rings is 1. The van der Waals surface area contributed by atoms with Gasteiger partial charge in [-0.15, -0.1) is 0 Å². The first-order valence-electron chi connectivity index (χ1n) is 8.23. The lowest BCUT2D eigenvalue weighted by atomic mass is 10.1. The number of hydrogen-bond acceptors (Lipinski definition) is 6. The fraction of sp³-hybridized carbons (Fsp3) is 0.529. The molecule has 0 aliphatic rings. The molecule has 0 radical (unpaired) electrons. The van der Waals surface area contributed by atoms with Crippen LogP contribution in [0.4, 0.5) is 9.18 Å². The Morgan fingerprint density at radius 2 is 2.00 bits per heavy atom. The number of methoxy groups -OCH3 is 1. The quantitative estimate of drug-likeness (QED) is 0.196. The van der Waals surface area contributed by atoms with Gasteiger partial charge in [-0.3, -0.25) is 0 Å². The maximum absolute atomic E-state index is 14.5. The number of carbonyl (C=O) groups is 2. The van der Waals surface area contributed by atoms with Crippen molar-refractivity contribution in [3.05, 3.63) is 28.0 Å². The van der Waals surface area contributed by atoms with Crippen molar-refractivity contribution in [3.63, 3.8) is 0 Å². The van der Waals surface area contributed by atoms with Gasteiger partial charge in [0.2, 0.25) is 0 Å². The Kier molecular flexibility index (Phi) is 10.9. The molecule has 1 N–H and O–H groups in total. The van der Waals surface area contributed by atoms with Crippen LogP contribution in [0.1, 0.15) is 26.3 Å². The molecule has 0 saturated carbocycles. The van der Waals surface area contributed by atoms with Crippen LogP contribution in [-0.4, -0.2) is 44.0 Å². The summed E-state index contributed by atoms with van der Waals surface area (Å²) in [4.78, 5) is 24.0. The molecule has 0 aromatic heterocycles. The van der Waals surface area contributed by atoms with E-state index < -0.39 is 29.5 Å². The van der Waals surface area contributed by atoms with E-state index in [1.165, 1.54) is 19.2 Å². The number of amides is 1. The van der Waals surface area contributed by atoms with Crippen LogP contribution in [0, 0.1) is 5.82 Å². The number of rotatable bonds is 9. The zero-order valence-corrected chi connectivity index (χ0v) is 20.7. The fourth-order valence-corrected chi connectivity index (χ4v) is 3.40. The lowest BCUT2D eigenvalue weighted by molar-refractivity contribution is -0.143. The van der Waals surface area contributed by atoms with Gasteiger partial charge in [-0.05, 0) is 70.4 Å². The molecule has 7 nitrogen and oxygen atoms in total. The Labute approximate surface area is 186 Å². The molecule has 2 unspecified atom stereocenters. The van der Waals surface area contributed by atoms with E-state index in [-0.39, 0.29) is 18.6 Å². The van der Waals surface area contributed by atoms with Crippen LogP contribution in [-0.2, 0) is 25.2 Å². The molecular weight excluding hydrogens is 571 g/mol. The summed E-state index contributed by atoms with van der Waals surface area (Å²) in [5.74, 6) is -0.968. The first-order chi connectivity index (χ1) is 13.1. The molecule has 0 aliphatic carbocycles. The number of alkyl carbamates (subject to hydrolysis) is 1. The molecular formula is C17H23BrFINO6P. The summed E-state index contributed by atoms with van der Waals surface area (Å²) in [6.45, 7) is 6.07. The van der Waals surface area contributed by atoms with Crippen LogP contribution in [0.15, 0.2) is 16.6 Å². The topological polar surface area (TPSA) is 83.1 Å². The predicted molar refractivity (Wildman–Crippen MR) is 117 cm³/mol. The van der Waals surface area contributed by atoms with E-state index in [4.69, 9.17) is 18.7 Å². The maximum Gasteiger partial charge on any atom is 0.408 e. The lowest BCUT2D eigenvalue weighted by Gasteiger charge is -2.23. The van der Waals surface area contributed by atoms with Gasteiger partial charge in [0.1, 0.15) is 29.8 Å². The van der Waals surface area contributed by atoms with Crippen LogP contribution in [0.25, 0.3) is 0 Å². The molecule has 0 heterocycles. The summed E-state index contributed by atoms with van der Waals surface area (Å²) >= 11 is 5.42. The van der Waals surface area contributed by atoms with Gasteiger partial charge in [0.25, 0.3) is 0 Å². The van der Waals surface area contributed by atoms with Crippen LogP contribution in [0.3, 0.4) is 0 Å².